The fraction of sp³-hybridized carbons (Fsp3) is 0.421. The third-order valence-corrected chi connectivity index (χ3v) is 4.33. The highest BCUT2D eigenvalue weighted by Crippen LogP contribution is 2.23. The number of halogens is 1. The number of benzene rings is 1. The van der Waals surface area contributed by atoms with Gasteiger partial charge < -0.3 is 24.1 Å². The molecule has 0 aliphatic carbocycles. The van der Waals surface area contributed by atoms with Crippen LogP contribution in [0.3, 0.4) is 0 Å². The van der Waals surface area contributed by atoms with Gasteiger partial charge in [0, 0.05) is 27.3 Å². The van der Waals surface area contributed by atoms with E-state index in [1.54, 1.807) is 26.4 Å². The molecule has 0 aliphatic rings. The molecule has 8 nitrogen and oxygen atoms in total. The summed E-state index contributed by atoms with van der Waals surface area (Å²) in [7, 11) is 3.09. The molecule has 0 saturated heterocycles. The Bertz CT molecular complexity index is 753. The SMILES string of the molecule is COCCNC(=O)c1coc(CN(CCOC)C(=O)[C@H](Cl)c2ccccc2)n1. The van der Waals surface area contributed by atoms with Gasteiger partial charge in [-0.1, -0.05) is 30.3 Å². The van der Waals surface area contributed by atoms with Gasteiger partial charge in [-0.05, 0) is 5.56 Å². The second-order valence-corrected chi connectivity index (χ2v) is 6.34. The number of methoxy groups -OCH3 is 2. The predicted molar refractivity (Wildman–Crippen MR) is 103 cm³/mol. The van der Waals surface area contributed by atoms with Crippen LogP contribution < -0.4 is 5.32 Å². The molecule has 1 heterocycles. The van der Waals surface area contributed by atoms with Crippen molar-refractivity contribution in [3.8, 4) is 0 Å². The number of amides is 2. The van der Waals surface area contributed by atoms with Crippen LogP contribution in [0.25, 0.3) is 0 Å². The van der Waals surface area contributed by atoms with Crippen molar-refractivity contribution in [1.29, 1.82) is 0 Å². The third-order valence-electron chi connectivity index (χ3n) is 3.89. The number of aromatic nitrogens is 1. The largest absolute Gasteiger partial charge is 0.446 e. The Labute approximate surface area is 168 Å². The summed E-state index contributed by atoms with van der Waals surface area (Å²) in [6.45, 7) is 1.47. The lowest BCUT2D eigenvalue weighted by Gasteiger charge is -2.23. The number of carbonyl (C=O) groups is 2. The third kappa shape index (κ3) is 6.33. The molecule has 0 unspecified atom stereocenters. The maximum absolute atomic E-state index is 12.8. The second-order valence-electron chi connectivity index (χ2n) is 5.90. The monoisotopic (exact) mass is 409 g/mol. The number of carbonyl (C=O) groups excluding carboxylic acids is 2. The van der Waals surface area contributed by atoms with Gasteiger partial charge >= 0.3 is 0 Å². The van der Waals surface area contributed by atoms with Gasteiger partial charge in [-0.3, -0.25) is 9.59 Å². The average Bonchev–Trinajstić information content (AvgIpc) is 3.19. The Kier molecular flexibility index (Phi) is 8.93. The zero-order valence-corrected chi connectivity index (χ0v) is 16.6. The lowest BCUT2D eigenvalue weighted by molar-refractivity contribution is -0.132. The van der Waals surface area contributed by atoms with Gasteiger partial charge in [0.25, 0.3) is 5.91 Å². The van der Waals surface area contributed by atoms with Gasteiger partial charge in [0.15, 0.2) is 5.69 Å². The number of hydrogen-bond acceptors (Lipinski definition) is 6. The average molecular weight is 410 g/mol. The van der Waals surface area contributed by atoms with Crippen molar-refractivity contribution >= 4 is 23.4 Å². The van der Waals surface area contributed by atoms with E-state index in [2.05, 4.69) is 10.3 Å². The smallest absolute Gasteiger partial charge is 0.273 e. The van der Waals surface area contributed by atoms with Crippen LogP contribution in [0.2, 0.25) is 0 Å². The van der Waals surface area contributed by atoms with Crippen molar-refractivity contribution in [3.05, 3.63) is 53.7 Å². The minimum atomic E-state index is -0.843. The molecule has 2 aromatic rings. The highest BCUT2D eigenvalue weighted by atomic mass is 35.5. The molecule has 1 atom stereocenters. The zero-order chi connectivity index (χ0) is 20.4. The molecular formula is C19H24ClN3O5. The number of hydrogen-bond donors (Lipinski definition) is 1. The van der Waals surface area contributed by atoms with Gasteiger partial charge in [-0.2, -0.15) is 0 Å². The maximum atomic E-state index is 12.8. The Hall–Kier alpha value is -2.42. The Morgan fingerprint density at radius 3 is 2.61 bits per heavy atom. The molecule has 28 heavy (non-hydrogen) atoms. The summed E-state index contributed by atoms with van der Waals surface area (Å²) in [6.07, 6.45) is 1.26. The molecule has 0 saturated carbocycles. The second kappa shape index (κ2) is 11.4. The van der Waals surface area contributed by atoms with Crippen molar-refractivity contribution < 1.29 is 23.5 Å². The summed E-state index contributed by atoms with van der Waals surface area (Å²) in [4.78, 5) is 30.5. The van der Waals surface area contributed by atoms with Crippen molar-refractivity contribution in [2.75, 3.05) is 40.5 Å². The first-order valence-electron chi connectivity index (χ1n) is 8.75. The van der Waals surface area contributed by atoms with Crippen molar-refractivity contribution in [1.82, 2.24) is 15.2 Å². The number of ether oxygens (including phenoxy) is 2. The normalized spacial score (nSPS) is 11.8. The van der Waals surface area contributed by atoms with E-state index >= 15 is 0 Å². The fourth-order valence-electron chi connectivity index (χ4n) is 2.40. The van der Waals surface area contributed by atoms with Crippen LogP contribution in [0.15, 0.2) is 41.0 Å². The van der Waals surface area contributed by atoms with E-state index in [4.69, 9.17) is 25.5 Å². The van der Waals surface area contributed by atoms with Gasteiger partial charge in [0.2, 0.25) is 11.8 Å². The lowest BCUT2D eigenvalue weighted by Crippen LogP contribution is -2.36. The molecule has 0 radical (unpaired) electrons. The Morgan fingerprint density at radius 2 is 1.93 bits per heavy atom. The summed E-state index contributed by atoms with van der Waals surface area (Å²) in [5, 5.41) is 1.81. The first kappa shape index (κ1) is 21.9. The minimum Gasteiger partial charge on any atom is -0.446 e. The number of nitrogens with zero attached hydrogens (tertiary/aromatic N) is 2. The molecule has 9 heteroatoms. The number of nitrogens with one attached hydrogen (secondary N) is 1. The molecular weight excluding hydrogens is 386 g/mol. The molecule has 0 spiro atoms. The Morgan fingerprint density at radius 1 is 1.21 bits per heavy atom. The summed E-state index contributed by atoms with van der Waals surface area (Å²) in [5.41, 5.74) is 0.831. The number of alkyl halides is 1. The first-order chi connectivity index (χ1) is 13.6. The van der Waals surface area contributed by atoms with Gasteiger partial charge in [-0.25, -0.2) is 4.98 Å². The van der Waals surface area contributed by atoms with Gasteiger partial charge in [-0.15, -0.1) is 11.6 Å². The van der Waals surface area contributed by atoms with Crippen molar-refractivity contribution in [3.63, 3.8) is 0 Å². The Balaban J connectivity index is 2.05. The molecule has 0 aliphatic heterocycles. The van der Waals surface area contributed by atoms with E-state index in [-0.39, 0.29) is 29.9 Å². The first-order valence-corrected chi connectivity index (χ1v) is 9.18. The van der Waals surface area contributed by atoms with Crippen LogP contribution in [0.4, 0.5) is 0 Å². The molecule has 1 N–H and O–H groups in total. The van der Waals surface area contributed by atoms with Crippen LogP contribution in [-0.4, -0.2) is 62.2 Å². The molecule has 152 valence electrons. The van der Waals surface area contributed by atoms with E-state index in [0.29, 0.717) is 31.9 Å². The summed E-state index contributed by atoms with van der Waals surface area (Å²) in [6, 6.07) is 9.07. The van der Waals surface area contributed by atoms with E-state index in [0.717, 1.165) is 0 Å². The number of rotatable bonds is 11. The summed E-state index contributed by atoms with van der Waals surface area (Å²) >= 11 is 6.36. The van der Waals surface area contributed by atoms with Crippen LogP contribution in [0.5, 0.6) is 0 Å². The zero-order valence-electron chi connectivity index (χ0n) is 15.9. The van der Waals surface area contributed by atoms with Crippen molar-refractivity contribution in [2.24, 2.45) is 0 Å². The highest BCUT2D eigenvalue weighted by molar-refractivity contribution is 6.30. The standard InChI is InChI=1S/C19H24ClN3O5/c1-26-10-8-21-18(24)15-13-28-16(22-15)12-23(9-11-27-2)19(25)17(20)14-6-4-3-5-7-14/h3-7,13,17H,8-12H2,1-2H3,(H,21,24)/t17-/m1/s1. The van der Waals surface area contributed by atoms with Crippen LogP contribution >= 0.6 is 11.6 Å². The van der Waals surface area contributed by atoms with E-state index < -0.39 is 5.38 Å². The number of oxazole rings is 1. The van der Waals surface area contributed by atoms with Crippen molar-refractivity contribution in [2.45, 2.75) is 11.9 Å². The van der Waals surface area contributed by atoms with E-state index in [9.17, 15) is 9.59 Å². The molecule has 2 amide bonds. The minimum absolute atomic E-state index is 0.0730. The van der Waals surface area contributed by atoms with Crippen LogP contribution in [-0.2, 0) is 20.8 Å². The van der Waals surface area contributed by atoms with Crippen LogP contribution in [0.1, 0.15) is 27.3 Å². The summed E-state index contributed by atoms with van der Waals surface area (Å²) in [5.74, 6) is -0.436. The van der Waals surface area contributed by atoms with Gasteiger partial charge in [0.1, 0.15) is 11.6 Å². The van der Waals surface area contributed by atoms with Gasteiger partial charge in [0.05, 0.1) is 19.8 Å². The fourth-order valence-corrected chi connectivity index (χ4v) is 2.69. The summed E-state index contributed by atoms with van der Waals surface area (Å²) < 4.78 is 15.3. The van der Waals surface area contributed by atoms with E-state index in [1.807, 2.05) is 18.2 Å². The molecule has 0 fully saturated rings. The topological polar surface area (TPSA) is 93.9 Å². The molecule has 2 rings (SSSR count). The lowest BCUT2D eigenvalue weighted by atomic mass is 10.1. The van der Waals surface area contributed by atoms with E-state index in [1.165, 1.54) is 11.2 Å². The predicted octanol–water partition coefficient (Wildman–Crippen LogP) is 2.01. The molecule has 1 aromatic heterocycles. The quantitative estimate of drug-likeness (QED) is 0.450. The molecule has 1 aromatic carbocycles. The maximum Gasteiger partial charge on any atom is 0.273 e. The molecule has 0 bridgehead atoms. The van der Waals surface area contributed by atoms with Crippen LogP contribution in [0, 0.1) is 0 Å². The highest BCUT2D eigenvalue weighted by Gasteiger charge is 2.25.